The van der Waals surface area contributed by atoms with E-state index >= 15 is 0 Å². The summed E-state index contributed by atoms with van der Waals surface area (Å²) in [6.07, 6.45) is 1.17. The van der Waals surface area contributed by atoms with Gasteiger partial charge in [0.05, 0.1) is 17.9 Å². The van der Waals surface area contributed by atoms with Crippen molar-refractivity contribution >= 4 is 11.8 Å². The first-order valence-corrected chi connectivity index (χ1v) is 10.3. The molecule has 0 spiro atoms. The van der Waals surface area contributed by atoms with Crippen molar-refractivity contribution in [3.63, 3.8) is 0 Å². The molecule has 1 atom stereocenters. The van der Waals surface area contributed by atoms with Crippen molar-refractivity contribution in [1.82, 2.24) is 29.1 Å². The Morgan fingerprint density at radius 3 is 2.82 bits per heavy atom. The molecule has 0 fully saturated rings. The first-order valence-electron chi connectivity index (χ1n) is 10.3. The number of nitrogen functional groups attached to an aromatic ring is 2. The summed E-state index contributed by atoms with van der Waals surface area (Å²) in [7, 11) is 1.70. The number of anilines is 2. The van der Waals surface area contributed by atoms with Gasteiger partial charge in [0, 0.05) is 29.9 Å². The summed E-state index contributed by atoms with van der Waals surface area (Å²) in [5, 5.41) is 22.9. The highest BCUT2D eigenvalue weighted by atomic mass is 16.5. The van der Waals surface area contributed by atoms with Crippen molar-refractivity contribution in [1.29, 1.82) is 10.7 Å². The second-order valence-electron chi connectivity index (χ2n) is 8.00. The molecule has 4 heterocycles. The highest BCUT2D eigenvalue weighted by Crippen LogP contribution is 2.36. The third kappa shape index (κ3) is 3.11. The molecule has 0 aliphatic carbocycles. The third-order valence-corrected chi connectivity index (χ3v) is 5.77. The molecule has 1 aromatic carbocycles. The van der Waals surface area contributed by atoms with Crippen molar-refractivity contribution < 1.29 is 4.74 Å². The number of nitrogens with one attached hydrogen (secondary N) is 1. The van der Waals surface area contributed by atoms with E-state index in [1.165, 1.54) is 4.68 Å². The number of hydrogen-bond donors (Lipinski definition) is 3. The number of ether oxygens (including phenoxy) is 1. The number of hydrogen-bond acceptors (Lipinski definition) is 8. The predicted octanol–water partition coefficient (Wildman–Crippen LogP) is 1.79. The third-order valence-electron chi connectivity index (χ3n) is 5.77. The van der Waals surface area contributed by atoms with Crippen LogP contribution in [0.3, 0.4) is 0 Å². The quantitative estimate of drug-likeness (QED) is 0.374. The van der Waals surface area contributed by atoms with Crippen LogP contribution in [0.5, 0.6) is 5.75 Å². The summed E-state index contributed by atoms with van der Waals surface area (Å²) < 4.78 is 11.1. The maximum atomic E-state index is 9.82. The average molecular weight is 442 g/mol. The second-order valence-corrected chi connectivity index (χ2v) is 8.00. The number of fused-ring (bicyclic) bond motifs is 7. The lowest BCUT2D eigenvalue weighted by molar-refractivity contribution is 0.227. The number of aryl methyl sites for hydroxylation is 2. The number of benzene rings is 1. The Hall–Kier alpha value is -4.59. The van der Waals surface area contributed by atoms with Crippen LogP contribution in [0.2, 0.25) is 0 Å². The van der Waals surface area contributed by atoms with E-state index in [0.717, 1.165) is 16.8 Å². The molecular weight excluding hydrogens is 420 g/mol. The number of nitrogens with zero attached hydrogens (tertiary/aromatic N) is 7. The van der Waals surface area contributed by atoms with Crippen LogP contribution in [0.4, 0.5) is 11.8 Å². The smallest absolute Gasteiger partial charge is 0.241 e. The average Bonchev–Trinajstić information content (AvgIpc) is 3.23. The summed E-state index contributed by atoms with van der Waals surface area (Å²) in [6, 6.07) is 9.87. The van der Waals surface area contributed by atoms with Crippen LogP contribution in [0, 0.1) is 23.7 Å². The fourth-order valence-electron chi connectivity index (χ4n) is 4.23. The molecule has 5 N–H and O–H groups in total. The van der Waals surface area contributed by atoms with Crippen molar-refractivity contribution in [2.24, 2.45) is 7.05 Å². The summed E-state index contributed by atoms with van der Waals surface area (Å²) in [4.78, 5) is 8.50. The van der Waals surface area contributed by atoms with Crippen LogP contribution in [0.1, 0.15) is 35.5 Å². The minimum atomic E-state index is -0.424. The molecular formula is C22H22N10O. The normalized spacial score (nSPS) is 14.7. The monoisotopic (exact) mass is 442 g/mol. The van der Waals surface area contributed by atoms with E-state index in [4.69, 9.17) is 21.6 Å². The fraction of sp³-hybridized carbons (Fsp3) is 0.227. The molecule has 1 aliphatic heterocycles. The van der Waals surface area contributed by atoms with Gasteiger partial charge in [-0.2, -0.15) is 15.3 Å². The van der Waals surface area contributed by atoms with Crippen molar-refractivity contribution in [2.75, 3.05) is 11.5 Å². The minimum absolute atomic E-state index is 0.0316. The van der Waals surface area contributed by atoms with E-state index in [1.807, 2.05) is 32.0 Å². The van der Waals surface area contributed by atoms with Crippen LogP contribution in [-0.2, 0) is 13.6 Å². The van der Waals surface area contributed by atoms with Crippen LogP contribution in [-0.4, -0.2) is 29.1 Å². The Morgan fingerprint density at radius 2 is 2.06 bits per heavy atom. The Morgan fingerprint density at radius 1 is 1.27 bits per heavy atom. The molecule has 5 rings (SSSR count). The van der Waals surface area contributed by atoms with Gasteiger partial charge in [-0.15, -0.1) is 0 Å². The highest BCUT2D eigenvalue weighted by molar-refractivity contribution is 5.73. The Labute approximate surface area is 189 Å². The minimum Gasteiger partial charge on any atom is -0.482 e. The molecule has 3 aromatic heterocycles. The first-order chi connectivity index (χ1) is 15.8. The van der Waals surface area contributed by atoms with Crippen LogP contribution in [0.25, 0.3) is 16.8 Å². The summed E-state index contributed by atoms with van der Waals surface area (Å²) in [5.41, 5.74) is 17.1. The molecule has 0 saturated carbocycles. The lowest BCUT2D eigenvalue weighted by atomic mass is 10.0. The van der Waals surface area contributed by atoms with E-state index in [1.54, 1.807) is 28.7 Å². The van der Waals surface area contributed by atoms with E-state index in [9.17, 15) is 5.26 Å². The first kappa shape index (κ1) is 20.3. The van der Waals surface area contributed by atoms with Crippen molar-refractivity contribution in [3.8, 4) is 28.6 Å². The summed E-state index contributed by atoms with van der Waals surface area (Å²) in [5.74, 6) is 0.804. The summed E-state index contributed by atoms with van der Waals surface area (Å²) >= 11 is 0. The van der Waals surface area contributed by atoms with Crippen molar-refractivity contribution in [3.05, 3.63) is 58.6 Å². The molecule has 0 saturated heterocycles. The molecule has 33 heavy (non-hydrogen) atoms. The van der Waals surface area contributed by atoms with Gasteiger partial charge in [-0.3, -0.25) is 10.1 Å². The zero-order chi connectivity index (χ0) is 23.4. The molecule has 166 valence electrons. The molecule has 0 amide bonds. The van der Waals surface area contributed by atoms with Gasteiger partial charge in [-0.25, -0.2) is 14.3 Å². The van der Waals surface area contributed by atoms with Crippen LogP contribution >= 0.6 is 0 Å². The number of nitrogens with two attached hydrogens (primary N) is 2. The number of nitriles is 1. The van der Waals surface area contributed by atoms with Gasteiger partial charge in [0.15, 0.2) is 11.6 Å². The van der Waals surface area contributed by atoms with Gasteiger partial charge < -0.3 is 16.2 Å². The standard InChI is InChI=1S/C22H22N10O/c1-11-4-5-16-14(6-11)12(2)33-18-7-13(9-27-20(18)24)19-15(29-30(3)17(19)8-23)10-31-21(25)28-22(26)32(16)31/h4-7,9,12H,10H2,1-3H3,(H2,24,27)(H3,25,26,28)/t12-/m1/s1. The van der Waals surface area contributed by atoms with E-state index in [2.05, 4.69) is 21.1 Å². The SMILES string of the molecule is Cc1ccc2c(c1)[C@@H](C)Oc1cc(cnc1N)-c1c(nn(C)c1C#N)Cn1c(=N)nc(N)n1-2. The zero-order valence-electron chi connectivity index (χ0n) is 18.4. The molecule has 11 nitrogen and oxygen atoms in total. The fourth-order valence-corrected chi connectivity index (χ4v) is 4.23. The Bertz CT molecular complexity index is 1520. The number of pyridine rings is 1. The van der Waals surface area contributed by atoms with Gasteiger partial charge in [-0.1, -0.05) is 17.7 Å². The molecule has 0 radical (unpaired) electrons. The predicted molar refractivity (Wildman–Crippen MR) is 120 cm³/mol. The Balaban J connectivity index is 1.89. The van der Waals surface area contributed by atoms with Gasteiger partial charge in [0.2, 0.25) is 11.6 Å². The molecule has 4 aromatic rings. The molecule has 2 bridgehead atoms. The molecule has 11 heteroatoms. The van der Waals surface area contributed by atoms with Crippen molar-refractivity contribution in [2.45, 2.75) is 26.5 Å². The van der Waals surface area contributed by atoms with E-state index < -0.39 is 6.10 Å². The lowest BCUT2D eigenvalue weighted by Crippen LogP contribution is -2.26. The van der Waals surface area contributed by atoms with Crippen LogP contribution < -0.4 is 21.8 Å². The topological polar surface area (TPSA) is 162 Å². The Kier molecular flexibility index (Phi) is 4.45. The molecule has 1 aliphatic rings. The van der Waals surface area contributed by atoms with Crippen LogP contribution in [0.15, 0.2) is 30.5 Å². The maximum absolute atomic E-state index is 9.82. The lowest BCUT2D eigenvalue weighted by Gasteiger charge is -2.23. The largest absolute Gasteiger partial charge is 0.482 e. The van der Waals surface area contributed by atoms with E-state index in [0.29, 0.717) is 28.3 Å². The van der Waals surface area contributed by atoms with Gasteiger partial charge in [0.25, 0.3) is 0 Å². The zero-order valence-corrected chi connectivity index (χ0v) is 18.4. The summed E-state index contributed by atoms with van der Waals surface area (Å²) in [6.45, 7) is 4.06. The number of aromatic nitrogens is 6. The van der Waals surface area contributed by atoms with E-state index in [-0.39, 0.29) is 23.9 Å². The number of rotatable bonds is 0. The highest BCUT2D eigenvalue weighted by Gasteiger charge is 2.25. The van der Waals surface area contributed by atoms with Gasteiger partial charge in [-0.05, 0) is 26.0 Å². The molecule has 0 unspecified atom stereocenters. The second kappa shape index (κ2) is 7.23. The van der Waals surface area contributed by atoms with Gasteiger partial charge in [0.1, 0.15) is 17.9 Å². The maximum Gasteiger partial charge on any atom is 0.241 e. The van der Waals surface area contributed by atoms with Gasteiger partial charge >= 0.3 is 0 Å².